The zero-order valence-corrected chi connectivity index (χ0v) is 25.9. The molecule has 3 aliphatic rings. The Balaban J connectivity index is 1.54. The number of fused-ring (bicyclic) bond motifs is 1. The molecule has 3 aliphatic heterocycles. The number of guanidine groups is 1. The molecule has 250 valence electrons. The number of nitrogens with one attached hydrogen (secondary N) is 2. The number of carbonyl (C=O) groups is 4. The van der Waals surface area contributed by atoms with Crippen LogP contribution in [0.5, 0.6) is 0 Å². The third-order valence-electron chi connectivity index (χ3n) is 6.24. The van der Waals surface area contributed by atoms with Crippen LogP contribution in [0.25, 0.3) is 0 Å². The summed E-state index contributed by atoms with van der Waals surface area (Å²) in [6.45, 7) is 2.56. The lowest BCUT2D eigenvalue weighted by Crippen LogP contribution is -2.71. The first kappa shape index (κ1) is 34.3. The summed E-state index contributed by atoms with van der Waals surface area (Å²) in [6, 6.07) is -1.16. The number of nitrogens with zero attached hydrogens (tertiary/aromatic N) is 7. The number of nitrogen functional groups attached to an aromatic ring is 1. The van der Waals surface area contributed by atoms with Crippen LogP contribution in [0, 0.1) is 0 Å². The number of nitrogens with two attached hydrogens (primary N) is 3. The number of rotatable bonds is 12. The van der Waals surface area contributed by atoms with Gasteiger partial charge in [0.15, 0.2) is 5.13 Å². The minimum atomic E-state index is -1.42. The minimum absolute atomic E-state index is 0.0110. The first-order valence-electron chi connectivity index (χ1n) is 13.5. The minimum Gasteiger partial charge on any atom is -0.433 e. The molecule has 46 heavy (non-hydrogen) atoms. The van der Waals surface area contributed by atoms with Crippen LogP contribution in [-0.4, -0.2) is 131 Å². The molecule has 1 aromatic heterocycles. The molecule has 4 heterocycles. The molecule has 2 fully saturated rings. The fourth-order valence-corrected chi connectivity index (χ4v) is 5.93. The molecule has 2 amide bonds. The Morgan fingerprint density at radius 2 is 2.04 bits per heavy atom. The van der Waals surface area contributed by atoms with Crippen LogP contribution in [0.1, 0.15) is 12.7 Å². The number of ether oxygens (including phenoxy) is 3. The number of piperazine rings is 1. The number of esters is 1. The average molecular weight is 687 g/mol. The zero-order valence-electron chi connectivity index (χ0n) is 24.3. The van der Waals surface area contributed by atoms with Gasteiger partial charge in [-0.05, 0) is 0 Å². The van der Waals surface area contributed by atoms with E-state index in [0.717, 1.165) is 29.5 Å². The molecule has 3 unspecified atom stereocenters. The van der Waals surface area contributed by atoms with Gasteiger partial charge in [-0.25, -0.2) is 14.0 Å². The maximum Gasteiger partial charge on any atom is 0.511 e. The first-order valence-corrected chi connectivity index (χ1v) is 15.4. The molecule has 0 saturated carbocycles. The predicted octanol–water partition coefficient (Wildman–Crippen LogP) is -2.37. The lowest BCUT2D eigenvalue weighted by Gasteiger charge is -2.49. The molecule has 8 N–H and O–H groups in total. The van der Waals surface area contributed by atoms with Crippen molar-refractivity contribution in [1.82, 2.24) is 29.8 Å². The Hall–Kier alpha value is -4.61. The van der Waals surface area contributed by atoms with Gasteiger partial charge in [-0.1, -0.05) is 5.16 Å². The van der Waals surface area contributed by atoms with Crippen LogP contribution in [-0.2, 0) is 33.4 Å². The summed E-state index contributed by atoms with van der Waals surface area (Å²) in [5.74, 6) is -2.67. The summed E-state index contributed by atoms with van der Waals surface area (Å²) >= 11 is 1.95. The van der Waals surface area contributed by atoms with Crippen molar-refractivity contribution in [3.05, 3.63) is 17.1 Å². The number of anilines is 1. The van der Waals surface area contributed by atoms with Gasteiger partial charge >= 0.3 is 12.1 Å². The predicted molar refractivity (Wildman–Crippen MR) is 162 cm³/mol. The molecule has 2 saturated heterocycles. The zero-order chi connectivity index (χ0) is 33.2. The van der Waals surface area contributed by atoms with Gasteiger partial charge in [0.05, 0.1) is 6.21 Å². The number of amides is 2. The van der Waals surface area contributed by atoms with Crippen LogP contribution in [0.15, 0.2) is 26.6 Å². The number of carbonyl (C=O) groups excluding carboxylic acids is 4. The number of halogens is 1. The molecule has 23 heteroatoms. The van der Waals surface area contributed by atoms with Crippen molar-refractivity contribution in [3.8, 4) is 0 Å². The van der Waals surface area contributed by atoms with Gasteiger partial charge in [-0.15, -0.1) is 16.9 Å². The summed E-state index contributed by atoms with van der Waals surface area (Å²) in [7, 11) is 0. The molecule has 1 aromatic rings. The summed E-state index contributed by atoms with van der Waals surface area (Å²) in [6.07, 6.45) is -1.28. The summed E-state index contributed by atoms with van der Waals surface area (Å²) in [5.41, 5.74) is 16.4. The van der Waals surface area contributed by atoms with Crippen molar-refractivity contribution in [2.45, 2.75) is 24.6 Å². The van der Waals surface area contributed by atoms with Crippen molar-refractivity contribution in [1.29, 1.82) is 0 Å². The molecule has 0 radical (unpaired) electrons. The average Bonchev–Trinajstić information content (AvgIpc) is 3.48. The highest BCUT2D eigenvalue weighted by Gasteiger charge is 2.55. The van der Waals surface area contributed by atoms with Crippen LogP contribution >= 0.6 is 23.3 Å². The molecule has 0 spiro atoms. The maximum atomic E-state index is 13.4. The first-order chi connectivity index (χ1) is 22.1. The van der Waals surface area contributed by atoms with E-state index in [1.54, 1.807) is 0 Å². The van der Waals surface area contributed by atoms with Gasteiger partial charge in [-0.2, -0.15) is 14.5 Å². The number of hydrogen-bond acceptors (Lipinski definition) is 18. The summed E-state index contributed by atoms with van der Waals surface area (Å²) in [4.78, 5) is 62.8. The number of β-lactam (4-membered cyclic amide) rings is 1. The van der Waals surface area contributed by atoms with Crippen LogP contribution in [0.3, 0.4) is 0 Å². The fourth-order valence-electron chi connectivity index (χ4n) is 4.20. The molecule has 0 aliphatic carbocycles. The molecule has 20 nitrogen and oxygen atoms in total. The Morgan fingerprint density at radius 3 is 2.72 bits per heavy atom. The van der Waals surface area contributed by atoms with Gasteiger partial charge < -0.3 is 51.8 Å². The van der Waals surface area contributed by atoms with E-state index in [-0.39, 0.29) is 47.1 Å². The van der Waals surface area contributed by atoms with Crippen molar-refractivity contribution < 1.29 is 42.6 Å². The Kier molecular flexibility index (Phi) is 12.0. The van der Waals surface area contributed by atoms with Crippen molar-refractivity contribution >= 4 is 70.3 Å². The number of oxime groups is 1. The van der Waals surface area contributed by atoms with E-state index < -0.39 is 54.2 Å². The van der Waals surface area contributed by atoms with Gasteiger partial charge in [0.25, 0.3) is 18.7 Å². The van der Waals surface area contributed by atoms with Crippen molar-refractivity contribution in [2.24, 2.45) is 26.8 Å². The maximum absolute atomic E-state index is 13.4. The highest BCUT2D eigenvalue weighted by atomic mass is 32.2. The number of aromatic nitrogens is 2. The summed E-state index contributed by atoms with van der Waals surface area (Å²) in [5, 5.41) is 16.3. The third-order valence-corrected chi connectivity index (χ3v) is 8.08. The Labute approximate surface area is 268 Å². The normalized spacial score (nSPS) is 21.0. The monoisotopic (exact) mass is 686 g/mol. The van der Waals surface area contributed by atoms with Crippen LogP contribution in [0.2, 0.25) is 0 Å². The molecular weight excluding hydrogens is 655 g/mol. The lowest BCUT2D eigenvalue weighted by molar-refractivity contribution is -0.168. The highest BCUT2D eigenvalue weighted by molar-refractivity contribution is 8.00. The van der Waals surface area contributed by atoms with Crippen LogP contribution in [0.4, 0.5) is 14.3 Å². The van der Waals surface area contributed by atoms with E-state index in [9.17, 15) is 23.6 Å². The molecule has 4 rings (SSSR count). The molecular formula is C23H31FN12O8S2. The number of hydrogen-bond donors (Lipinski definition) is 5. The number of alkyl halides is 1. The second-order valence-corrected chi connectivity index (χ2v) is 11.2. The Bertz CT molecular complexity index is 1430. The van der Waals surface area contributed by atoms with E-state index >= 15 is 0 Å². The third kappa shape index (κ3) is 8.35. The largest absolute Gasteiger partial charge is 0.511 e. The lowest BCUT2D eigenvalue weighted by atomic mass is 10.0. The van der Waals surface area contributed by atoms with Crippen molar-refractivity contribution in [2.75, 3.05) is 57.7 Å². The molecule has 3 atom stereocenters. The molecule has 0 bridgehead atoms. The number of thioether (sulfide) groups is 1. The van der Waals surface area contributed by atoms with Crippen LogP contribution < -0.4 is 27.8 Å². The van der Waals surface area contributed by atoms with E-state index in [1.807, 2.05) is 4.90 Å². The summed E-state index contributed by atoms with van der Waals surface area (Å²) < 4.78 is 31.4. The Morgan fingerprint density at radius 1 is 1.28 bits per heavy atom. The van der Waals surface area contributed by atoms with E-state index in [0.29, 0.717) is 13.1 Å². The van der Waals surface area contributed by atoms with Gasteiger partial charge in [0.2, 0.25) is 23.8 Å². The van der Waals surface area contributed by atoms with Gasteiger partial charge in [-0.3, -0.25) is 14.5 Å². The topological polar surface area (TPSA) is 277 Å². The second kappa shape index (κ2) is 16.1. The fraction of sp³-hybridized carbons (Fsp3) is 0.522. The quantitative estimate of drug-likeness (QED) is 0.0384. The highest BCUT2D eigenvalue weighted by Crippen LogP contribution is 2.40. The van der Waals surface area contributed by atoms with Gasteiger partial charge in [0.1, 0.15) is 23.7 Å². The van der Waals surface area contributed by atoms with Crippen molar-refractivity contribution in [3.63, 3.8) is 0 Å². The van der Waals surface area contributed by atoms with E-state index in [4.69, 9.17) is 31.4 Å². The SMILES string of the molecule is CC(OC(=O)OCCN)OC(=O)C1=C(C=NN=C(N)N2CCNCC2)CSC2C(NC(=O)C(=NOCF)c3nsc(N)n3)C(=O)N12. The smallest absolute Gasteiger partial charge is 0.433 e. The molecule has 0 aromatic carbocycles. The van der Waals surface area contributed by atoms with E-state index in [1.165, 1.54) is 24.9 Å². The second-order valence-electron chi connectivity index (χ2n) is 9.29. The van der Waals surface area contributed by atoms with E-state index in [2.05, 4.69) is 40.2 Å². The standard InChI is InChI=1S/C23H31FN12O8S2/c1-11(44-23(40)41-7-2-25)43-20(39)15-12(8-29-32-21(26)35-5-3-28-4-6-35)9-45-19-14(18(38)36(15)19)30-17(37)13(33-42-10-24)16-31-22(27)46-34-16/h8,11,14,19,28H,2-7,9-10,25H2,1H3,(H2,26,32)(H,30,37)(H2,27,31,34). The van der Waals surface area contributed by atoms with Gasteiger partial charge in [0, 0.05) is 62.5 Å².